The molecule has 0 aliphatic heterocycles. The number of aliphatic hydroxyl groups is 1. The van der Waals surface area contributed by atoms with E-state index in [4.69, 9.17) is 16.3 Å². The Kier molecular flexibility index (Phi) is 6.86. The Bertz CT molecular complexity index is 995. The fourth-order valence-corrected chi connectivity index (χ4v) is 3.68. The Morgan fingerprint density at radius 3 is 2.57 bits per heavy atom. The van der Waals surface area contributed by atoms with Crippen LogP contribution >= 0.6 is 22.9 Å². The lowest BCUT2D eigenvalue weighted by Crippen LogP contribution is -2.23. The third-order valence-electron chi connectivity index (χ3n) is 3.97. The minimum Gasteiger partial charge on any atom is -0.497 e. The number of anilines is 1. The van der Waals surface area contributed by atoms with Gasteiger partial charge in [0.2, 0.25) is 5.91 Å². The van der Waals surface area contributed by atoms with E-state index < -0.39 is 0 Å². The first-order valence-electron chi connectivity index (χ1n) is 8.61. The van der Waals surface area contributed by atoms with Crippen LogP contribution in [-0.4, -0.2) is 29.3 Å². The average molecular weight is 418 g/mol. The Morgan fingerprint density at radius 2 is 1.93 bits per heavy atom. The van der Waals surface area contributed by atoms with Gasteiger partial charge in [-0.15, -0.1) is 11.3 Å². The second-order valence-electron chi connectivity index (χ2n) is 5.93. The van der Waals surface area contributed by atoms with Crippen molar-refractivity contribution in [1.82, 2.24) is 4.57 Å². The van der Waals surface area contributed by atoms with Crippen molar-refractivity contribution in [2.24, 2.45) is 4.99 Å². The maximum Gasteiger partial charge on any atom is 0.230 e. The molecule has 1 aromatic heterocycles. The average Bonchev–Trinajstić information content (AvgIpc) is 3.06. The number of nitrogens with zero attached hydrogens (tertiary/aromatic N) is 2. The molecule has 0 aliphatic carbocycles. The molecule has 0 unspecified atom stereocenters. The summed E-state index contributed by atoms with van der Waals surface area (Å²) in [6.07, 6.45) is 0.178. The first kappa shape index (κ1) is 20.1. The smallest absolute Gasteiger partial charge is 0.230 e. The summed E-state index contributed by atoms with van der Waals surface area (Å²) in [4.78, 5) is 17.7. The van der Waals surface area contributed by atoms with Crippen molar-refractivity contribution in [2.45, 2.75) is 13.0 Å². The third-order valence-corrected chi connectivity index (χ3v) is 5.13. The van der Waals surface area contributed by atoms with Crippen LogP contribution in [0.3, 0.4) is 0 Å². The SMILES string of the molecule is COc1ccc(N=c2scc(CC(=O)Nc3ccc(Cl)cc3)n2CCO)cc1. The number of methoxy groups -OCH3 is 1. The highest BCUT2D eigenvalue weighted by Crippen LogP contribution is 2.18. The number of aliphatic hydroxyl groups excluding tert-OH is 1. The van der Waals surface area contributed by atoms with Crippen molar-refractivity contribution >= 4 is 40.2 Å². The molecule has 0 fully saturated rings. The van der Waals surface area contributed by atoms with E-state index in [1.807, 2.05) is 34.2 Å². The number of carbonyl (C=O) groups excluding carboxylic acids is 1. The first-order chi connectivity index (χ1) is 13.6. The zero-order valence-electron chi connectivity index (χ0n) is 15.3. The van der Waals surface area contributed by atoms with E-state index in [-0.39, 0.29) is 18.9 Å². The normalized spacial score (nSPS) is 11.5. The number of ether oxygens (including phenoxy) is 1. The van der Waals surface area contributed by atoms with Crippen LogP contribution in [0.25, 0.3) is 0 Å². The Balaban J connectivity index is 1.80. The van der Waals surface area contributed by atoms with E-state index in [0.29, 0.717) is 22.1 Å². The van der Waals surface area contributed by atoms with Crippen LogP contribution < -0.4 is 14.9 Å². The van der Waals surface area contributed by atoms with Crippen molar-refractivity contribution in [3.63, 3.8) is 0 Å². The van der Waals surface area contributed by atoms with Crippen LogP contribution in [0.4, 0.5) is 11.4 Å². The van der Waals surface area contributed by atoms with E-state index in [1.54, 1.807) is 31.4 Å². The zero-order chi connectivity index (χ0) is 19.9. The highest BCUT2D eigenvalue weighted by molar-refractivity contribution is 7.07. The molecule has 0 bridgehead atoms. The lowest BCUT2D eigenvalue weighted by atomic mass is 10.2. The van der Waals surface area contributed by atoms with Crippen molar-refractivity contribution in [3.05, 3.63) is 69.4 Å². The van der Waals surface area contributed by atoms with E-state index >= 15 is 0 Å². The molecule has 28 heavy (non-hydrogen) atoms. The number of aromatic nitrogens is 1. The van der Waals surface area contributed by atoms with Crippen LogP contribution in [0.5, 0.6) is 5.75 Å². The standard InChI is InChI=1S/C20H20ClN3O3S/c1-27-18-8-6-16(7-9-18)23-20-24(10-11-25)17(13-28-20)12-19(26)22-15-4-2-14(21)3-5-15/h2-9,13,25H,10-12H2,1H3,(H,22,26). The molecule has 2 N–H and O–H groups in total. The molecule has 3 aromatic rings. The number of hydrogen-bond donors (Lipinski definition) is 2. The summed E-state index contributed by atoms with van der Waals surface area (Å²) in [6, 6.07) is 14.3. The molecule has 3 rings (SSSR count). The molecular formula is C20H20ClN3O3S. The van der Waals surface area contributed by atoms with Crippen molar-refractivity contribution < 1.29 is 14.6 Å². The molecule has 0 atom stereocenters. The summed E-state index contributed by atoms with van der Waals surface area (Å²) < 4.78 is 7.01. The minimum absolute atomic E-state index is 0.0433. The molecule has 8 heteroatoms. The summed E-state index contributed by atoms with van der Waals surface area (Å²) in [5.41, 5.74) is 2.24. The Labute approximate surface area is 171 Å². The molecule has 0 saturated carbocycles. The van der Waals surface area contributed by atoms with Crippen LogP contribution in [-0.2, 0) is 17.8 Å². The van der Waals surface area contributed by atoms with Crippen molar-refractivity contribution in [3.8, 4) is 5.75 Å². The van der Waals surface area contributed by atoms with Crippen LogP contribution in [0.2, 0.25) is 5.02 Å². The molecule has 6 nitrogen and oxygen atoms in total. The molecular weight excluding hydrogens is 398 g/mol. The van der Waals surface area contributed by atoms with Gasteiger partial charge in [0.25, 0.3) is 0 Å². The second-order valence-corrected chi connectivity index (χ2v) is 7.20. The third kappa shape index (κ3) is 5.22. The molecule has 146 valence electrons. The Hall–Kier alpha value is -2.61. The summed E-state index contributed by atoms with van der Waals surface area (Å²) >= 11 is 7.29. The van der Waals surface area contributed by atoms with Gasteiger partial charge < -0.3 is 19.7 Å². The Morgan fingerprint density at radius 1 is 1.21 bits per heavy atom. The van der Waals surface area contributed by atoms with Crippen molar-refractivity contribution in [1.29, 1.82) is 0 Å². The molecule has 1 heterocycles. The maximum atomic E-state index is 12.4. The fraction of sp³-hybridized carbons (Fsp3) is 0.200. The van der Waals surface area contributed by atoms with E-state index in [0.717, 1.165) is 17.1 Å². The predicted molar refractivity (Wildman–Crippen MR) is 111 cm³/mol. The van der Waals surface area contributed by atoms with Gasteiger partial charge in [-0.05, 0) is 48.5 Å². The number of halogens is 1. The highest BCUT2D eigenvalue weighted by atomic mass is 35.5. The molecule has 2 aromatic carbocycles. The van der Waals surface area contributed by atoms with Crippen LogP contribution in [0.15, 0.2) is 58.9 Å². The number of carbonyl (C=O) groups is 1. The van der Waals surface area contributed by atoms with Gasteiger partial charge in [0, 0.05) is 28.3 Å². The lowest BCUT2D eigenvalue weighted by Gasteiger charge is -2.08. The number of hydrogen-bond acceptors (Lipinski definition) is 5. The van der Waals surface area contributed by atoms with Crippen LogP contribution in [0.1, 0.15) is 5.69 Å². The van der Waals surface area contributed by atoms with E-state index in [2.05, 4.69) is 10.3 Å². The van der Waals surface area contributed by atoms with Crippen LogP contribution in [0, 0.1) is 0 Å². The maximum absolute atomic E-state index is 12.4. The van der Waals surface area contributed by atoms with E-state index in [9.17, 15) is 9.90 Å². The zero-order valence-corrected chi connectivity index (χ0v) is 16.8. The minimum atomic E-state index is -0.150. The van der Waals surface area contributed by atoms with Gasteiger partial charge in [0.1, 0.15) is 5.75 Å². The summed E-state index contributed by atoms with van der Waals surface area (Å²) in [7, 11) is 1.61. The molecule has 0 radical (unpaired) electrons. The quantitative estimate of drug-likeness (QED) is 0.616. The molecule has 0 spiro atoms. The van der Waals surface area contributed by atoms with E-state index in [1.165, 1.54) is 11.3 Å². The fourth-order valence-electron chi connectivity index (χ4n) is 2.60. The number of amides is 1. The molecule has 0 aliphatic rings. The lowest BCUT2D eigenvalue weighted by molar-refractivity contribution is -0.115. The predicted octanol–water partition coefficient (Wildman–Crippen LogP) is 3.62. The van der Waals surface area contributed by atoms with Gasteiger partial charge in [-0.1, -0.05) is 11.6 Å². The number of nitrogens with one attached hydrogen (secondary N) is 1. The van der Waals surface area contributed by atoms with Gasteiger partial charge in [-0.25, -0.2) is 4.99 Å². The van der Waals surface area contributed by atoms with Gasteiger partial charge >= 0.3 is 0 Å². The second kappa shape index (κ2) is 9.54. The van der Waals surface area contributed by atoms with Gasteiger partial charge in [0.15, 0.2) is 4.80 Å². The van der Waals surface area contributed by atoms with Gasteiger partial charge in [-0.2, -0.15) is 0 Å². The monoisotopic (exact) mass is 417 g/mol. The van der Waals surface area contributed by atoms with Gasteiger partial charge in [0.05, 0.1) is 25.8 Å². The van der Waals surface area contributed by atoms with Gasteiger partial charge in [-0.3, -0.25) is 4.79 Å². The largest absolute Gasteiger partial charge is 0.497 e. The highest BCUT2D eigenvalue weighted by Gasteiger charge is 2.11. The summed E-state index contributed by atoms with van der Waals surface area (Å²) in [5.74, 6) is 0.607. The number of benzene rings is 2. The van der Waals surface area contributed by atoms with Crippen molar-refractivity contribution in [2.75, 3.05) is 19.0 Å². The molecule has 1 amide bonds. The topological polar surface area (TPSA) is 75.8 Å². The first-order valence-corrected chi connectivity index (χ1v) is 9.87. The number of rotatable bonds is 7. The summed E-state index contributed by atoms with van der Waals surface area (Å²) in [5, 5.41) is 14.8. The molecule has 0 saturated heterocycles. The summed E-state index contributed by atoms with van der Waals surface area (Å²) in [6.45, 7) is 0.320. The number of thiazole rings is 1.